The summed E-state index contributed by atoms with van der Waals surface area (Å²) in [6, 6.07) is 3.56. The summed E-state index contributed by atoms with van der Waals surface area (Å²) in [5.74, 6) is 1.25. The maximum atomic E-state index is 12.0. The van der Waals surface area contributed by atoms with Gasteiger partial charge in [-0.15, -0.1) is 0 Å². The molecule has 1 N–H and O–H groups in total. The summed E-state index contributed by atoms with van der Waals surface area (Å²) in [4.78, 5) is 12.0. The van der Waals surface area contributed by atoms with Gasteiger partial charge in [0.05, 0.1) is 16.8 Å². The Morgan fingerprint density at radius 3 is 2.47 bits per heavy atom. The Morgan fingerprint density at radius 2 is 1.89 bits per heavy atom. The fourth-order valence-corrected chi connectivity index (χ4v) is 2.34. The number of rotatable bonds is 7. The van der Waals surface area contributed by atoms with Gasteiger partial charge >= 0.3 is 0 Å². The SMILES string of the molecule is CCCNC(=O)c1cc(I)c(OCC)c(OCC)c1. The maximum absolute atomic E-state index is 12.0. The number of carbonyl (C=O) groups is 1. The summed E-state index contributed by atoms with van der Waals surface area (Å²) in [5.41, 5.74) is 0.602. The number of ether oxygens (including phenoxy) is 2. The number of hydrogen-bond donors (Lipinski definition) is 1. The van der Waals surface area contributed by atoms with Crippen molar-refractivity contribution in [2.24, 2.45) is 0 Å². The predicted molar refractivity (Wildman–Crippen MR) is 84.1 cm³/mol. The third kappa shape index (κ3) is 4.56. The molecule has 1 aromatic rings. The Morgan fingerprint density at radius 1 is 1.21 bits per heavy atom. The topological polar surface area (TPSA) is 47.6 Å². The number of nitrogens with one attached hydrogen (secondary N) is 1. The molecule has 0 aliphatic rings. The first-order valence-corrected chi connectivity index (χ1v) is 7.59. The van der Waals surface area contributed by atoms with Gasteiger partial charge in [0.15, 0.2) is 11.5 Å². The van der Waals surface area contributed by atoms with Crippen LogP contribution in [0.25, 0.3) is 0 Å². The second-order valence-electron chi connectivity index (χ2n) is 3.91. The van der Waals surface area contributed by atoms with Crippen LogP contribution in [-0.2, 0) is 0 Å². The monoisotopic (exact) mass is 377 g/mol. The van der Waals surface area contributed by atoms with Crippen LogP contribution in [0.1, 0.15) is 37.6 Å². The molecule has 1 aromatic carbocycles. The van der Waals surface area contributed by atoms with Gasteiger partial charge in [0.25, 0.3) is 5.91 Å². The zero-order valence-electron chi connectivity index (χ0n) is 11.6. The van der Waals surface area contributed by atoms with Crippen LogP contribution in [-0.4, -0.2) is 25.7 Å². The highest BCUT2D eigenvalue weighted by atomic mass is 127. The van der Waals surface area contributed by atoms with Crippen LogP contribution in [0.4, 0.5) is 0 Å². The molecule has 19 heavy (non-hydrogen) atoms. The van der Waals surface area contributed by atoms with Crippen LogP contribution < -0.4 is 14.8 Å². The van der Waals surface area contributed by atoms with Crippen LogP contribution in [0.5, 0.6) is 11.5 Å². The summed E-state index contributed by atoms with van der Waals surface area (Å²) in [6.45, 7) is 7.63. The summed E-state index contributed by atoms with van der Waals surface area (Å²) < 4.78 is 12.0. The molecular weight excluding hydrogens is 357 g/mol. The van der Waals surface area contributed by atoms with Crippen molar-refractivity contribution in [2.45, 2.75) is 27.2 Å². The zero-order chi connectivity index (χ0) is 14.3. The molecule has 0 fully saturated rings. The average Bonchev–Trinajstić information content (AvgIpc) is 2.39. The van der Waals surface area contributed by atoms with Crippen LogP contribution in [0, 0.1) is 3.57 Å². The van der Waals surface area contributed by atoms with E-state index in [4.69, 9.17) is 9.47 Å². The van der Waals surface area contributed by atoms with Crippen molar-refractivity contribution in [3.8, 4) is 11.5 Å². The van der Waals surface area contributed by atoms with Gasteiger partial charge in [-0.25, -0.2) is 0 Å². The van der Waals surface area contributed by atoms with Crippen molar-refractivity contribution < 1.29 is 14.3 Å². The molecule has 0 aliphatic heterocycles. The second-order valence-corrected chi connectivity index (χ2v) is 5.07. The van der Waals surface area contributed by atoms with E-state index in [-0.39, 0.29) is 5.91 Å². The van der Waals surface area contributed by atoms with Gasteiger partial charge in [-0.2, -0.15) is 0 Å². The van der Waals surface area contributed by atoms with Crippen molar-refractivity contribution in [1.82, 2.24) is 5.32 Å². The van der Waals surface area contributed by atoms with E-state index in [2.05, 4.69) is 27.9 Å². The molecule has 0 aromatic heterocycles. The molecule has 5 heteroatoms. The highest BCUT2D eigenvalue weighted by molar-refractivity contribution is 14.1. The van der Waals surface area contributed by atoms with Gasteiger partial charge in [0.1, 0.15) is 0 Å². The Kier molecular flexibility index (Phi) is 6.97. The highest BCUT2D eigenvalue weighted by Crippen LogP contribution is 2.34. The summed E-state index contributed by atoms with van der Waals surface area (Å²) in [5, 5.41) is 2.86. The molecule has 0 saturated carbocycles. The molecule has 1 amide bonds. The lowest BCUT2D eigenvalue weighted by atomic mass is 10.2. The van der Waals surface area contributed by atoms with Gasteiger partial charge in [-0.05, 0) is 55.0 Å². The largest absolute Gasteiger partial charge is 0.490 e. The fraction of sp³-hybridized carbons (Fsp3) is 0.500. The average molecular weight is 377 g/mol. The normalized spacial score (nSPS) is 10.1. The third-order valence-corrected chi connectivity index (χ3v) is 3.20. The summed E-state index contributed by atoms with van der Waals surface area (Å²) >= 11 is 2.16. The van der Waals surface area contributed by atoms with Crippen molar-refractivity contribution in [3.05, 3.63) is 21.3 Å². The Hall–Kier alpha value is -0.980. The van der Waals surface area contributed by atoms with Gasteiger partial charge in [-0.3, -0.25) is 4.79 Å². The number of carbonyl (C=O) groups excluding carboxylic acids is 1. The van der Waals surface area contributed by atoms with Gasteiger partial charge in [0.2, 0.25) is 0 Å². The van der Waals surface area contributed by atoms with Crippen molar-refractivity contribution in [1.29, 1.82) is 0 Å². The van der Waals surface area contributed by atoms with Crippen LogP contribution in [0.2, 0.25) is 0 Å². The number of hydrogen-bond acceptors (Lipinski definition) is 3. The highest BCUT2D eigenvalue weighted by Gasteiger charge is 2.15. The van der Waals surface area contributed by atoms with E-state index in [0.717, 1.165) is 9.99 Å². The number of amides is 1. The van der Waals surface area contributed by atoms with Crippen molar-refractivity contribution in [3.63, 3.8) is 0 Å². The van der Waals surface area contributed by atoms with Crippen molar-refractivity contribution >= 4 is 28.5 Å². The molecule has 0 aliphatic carbocycles. The van der Waals surface area contributed by atoms with Crippen LogP contribution in [0.3, 0.4) is 0 Å². The van der Waals surface area contributed by atoms with E-state index >= 15 is 0 Å². The molecule has 0 saturated heterocycles. The Labute approximate surface area is 128 Å². The van der Waals surface area contributed by atoms with E-state index in [1.807, 2.05) is 26.8 Å². The third-order valence-electron chi connectivity index (χ3n) is 2.40. The standard InChI is InChI=1S/C14H20INO3/c1-4-7-16-14(17)10-8-11(15)13(19-6-3)12(9-10)18-5-2/h8-9H,4-7H2,1-3H3,(H,16,17). The first-order chi connectivity index (χ1) is 9.13. The quantitative estimate of drug-likeness (QED) is 0.743. The van der Waals surface area contributed by atoms with Gasteiger partial charge in [0, 0.05) is 12.1 Å². The summed E-state index contributed by atoms with van der Waals surface area (Å²) in [7, 11) is 0. The molecule has 4 nitrogen and oxygen atoms in total. The first-order valence-electron chi connectivity index (χ1n) is 6.51. The van der Waals surface area contributed by atoms with E-state index in [9.17, 15) is 4.79 Å². The Balaban J connectivity index is 3.05. The summed E-state index contributed by atoms with van der Waals surface area (Å²) in [6.07, 6.45) is 0.915. The minimum Gasteiger partial charge on any atom is -0.490 e. The number of halogens is 1. The van der Waals surface area contributed by atoms with Gasteiger partial charge < -0.3 is 14.8 Å². The fourth-order valence-electron chi connectivity index (χ4n) is 1.59. The second kappa shape index (κ2) is 8.24. The van der Waals surface area contributed by atoms with E-state index in [1.54, 1.807) is 6.07 Å². The number of benzene rings is 1. The smallest absolute Gasteiger partial charge is 0.251 e. The first kappa shape index (κ1) is 16.1. The minimum absolute atomic E-state index is 0.0798. The van der Waals surface area contributed by atoms with Crippen LogP contribution >= 0.6 is 22.6 Å². The predicted octanol–water partition coefficient (Wildman–Crippen LogP) is 3.23. The molecule has 0 heterocycles. The minimum atomic E-state index is -0.0798. The molecule has 0 bridgehead atoms. The zero-order valence-corrected chi connectivity index (χ0v) is 13.7. The lowest BCUT2D eigenvalue weighted by Gasteiger charge is -2.14. The Bertz CT molecular complexity index is 435. The van der Waals surface area contributed by atoms with E-state index < -0.39 is 0 Å². The van der Waals surface area contributed by atoms with E-state index in [0.29, 0.717) is 36.8 Å². The van der Waals surface area contributed by atoms with Crippen molar-refractivity contribution in [2.75, 3.05) is 19.8 Å². The molecule has 106 valence electrons. The van der Waals surface area contributed by atoms with Gasteiger partial charge in [-0.1, -0.05) is 6.92 Å². The lowest BCUT2D eigenvalue weighted by Crippen LogP contribution is -2.24. The molecular formula is C14H20INO3. The lowest BCUT2D eigenvalue weighted by molar-refractivity contribution is 0.0953. The molecule has 0 atom stereocenters. The maximum Gasteiger partial charge on any atom is 0.251 e. The molecule has 1 rings (SSSR count). The molecule has 0 unspecified atom stereocenters. The van der Waals surface area contributed by atoms with Crippen LogP contribution in [0.15, 0.2) is 12.1 Å². The van der Waals surface area contributed by atoms with E-state index in [1.165, 1.54) is 0 Å². The molecule has 0 spiro atoms. The molecule has 0 radical (unpaired) electrons.